The molecule has 122 valence electrons. The van der Waals surface area contributed by atoms with E-state index in [1.54, 1.807) is 0 Å². The van der Waals surface area contributed by atoms with Crippen molar-refractivity contribution < 1.29 is 44.8 Å². The minimum absolute atomic E-state index is 0. The van der Waals surface area contributed by atoms with Gasteiger partial charge < -0.3 is 0 Å². The van der Waals surface area contributed by atoms with E-state index >= 15 is 0 Å². The molecule has 2 heteroatoms. The van der Waals surface area contributed by atoms with E-state index in [0.717, 1.165) is 21.5 Å². The third-order valence-electron chi connectivity index (χ3n) is 4.31. The van der Waals surface area contributed by atoms with E-state index in [4.69, 9.17) is 0 Å². The van der Waals surface area contributed by atoms with Crippen LogP contribution in [0.1, 0.15) is 0 Å². The Labute approximate surface area is 171 Å². The third-order valence-corrected chi connectivity index (χ3v) is 4.31. The Hall–Kier alpha value is -1.38. The van der Waals surface area contributed by atoms with Gasteiger partial charge in [-0.15, -0.1) is 24.3 Å². The second kappa shape index (κ2) is 6.86. The summed E-state index contributed by atoms with van der Waals surface area (Å²) in [6, 6.07) is 32.8. The van der Waals surface area contributed by atoms with E-state index in [1.165, 1.54) is 21.5 Å². The number of rotatable bonds is 0. The molecule has 0 aliphatic heterocycles. The molecule has 0 aliphatic rings. The van der Waals surface area contributed by atoms with Crippen molar-refractivity contribution in [2.24, 2.45) is 0 Å². The first-order valence-electron chi connectivity index (χ1n) is 7.46. The SMILES string of the molecule is [Au+].[Au+].[c-]1c2cc3ccccc3cc2[c-]c2cc3ccccc3cc12. The largest absolute Gasteiger partial charge is 1.00 e. The Morgan fingerprint density at radius 2 is 0.667 bits per heavy atom. The molecular weight excluding hydrogens is 658 g/mol. The fourth-order valence-electron chi connectivity index (χ4n) is 3.18. The minimum Gasteiger partial charge on any atom is -0.199 e. The smallest absolute Gasteiger partial charge is 0.199 e. The van der Waals surface area contributed by atoms with Crippen LogP contribution >= 0.6 is 0 Å². The van der Waals surface area contributed by atoms with Crippen LogP contribution in [0, 0.1) is 12.1 Å². The molecule has 5 aromatic rings. The summed E-state index contributed by atoms with van der Waals surface area (Å²) in [5.41, 5.74) is 0. The van der Waals surface area contributed by atoms with Crippen molar-refractivity contribution in [2.75, 3.05) is 0 Å². The number of fused-ring (bicyclic) bond motifs is 4. The van der Waals surface area contributed by atoms with Crippen molar-refractivity contribution in [1.29, 1.82) is 0 Å². The molecule has 0 atom stereocenters. The van der Waals surface area contributed by atoms with Crippen molar-refractivity contribution in [3.8, 4) is 0 Å². The van der Waals surface area contributed by atoms with E-state index < -0.39 is 0 Å². The van der Waals surface area contributed by atoms with Crippen LogP contribution in [0.2, 0.25) is 0 Å². The Morgan fingerprint density at radius 1 is 0.417 bits per heavy atom. The van der Waals surface area contributed by atoms with Gasteiger partial charge in [0.05, 0.1) is 0 Å². The zero-order valence-electron chi connectivity index (χ0n) is 12.5. The van der Waals surface area contributed by atoms with Gasteiger partial charge in [0.2, 0.25) is 0 Å². The van der Waals surface area contributed by atoms with Crippen LogP contribution in [0.25, 0.3) is 43.1 Å². The zero-order valence-corrected chi connectivity index (χ0v) is 16.9. The van der Waals surface area contributed by atoms with Gasteiger partial charge in [-0.2, -0.15) is 33.7 Å². The third kappa shape index (κ3) is 2.87. The van der Waals surface area contributed by atoms with Gasteiger partial charge in [-0.05, 0) is 0 Å². The maximum Gasteiger partial charge on any atom is 1.00 e. The Kier molecular flexibility index (Phi) is 4.98. The molecule has 0 N–H and O–H groups in total. The molecule has 0 aliphatic carbocycles. The molecule has 0 radical (unpaired) electrons. The van der Waals surface area contributed by atoms with E-state index in [9.17, 15) is 0 Å². The van der Waals surface area contributed by atoms with Crippen LogP contribution in [-0.4, -0.2) is 0 Å². The van der Waals surface area contributed by atoms with Gasteiger partial charge in [-0.25, -0.2) is 0 Å². The molecule has 0 nitrogen and oxygen atoms in total. The first kappa shape index (κ1) is 17.4. The maximum atomic E-state index is 3.56. The fourth-order valence-corrected chi connectivity index (χ4v) is 3.18. The average molecular weight is 670 g/mol. The molecule has 0 bridgehead atoms. The molecule has 0 saturated carbocycles. The van der Waals surface area contributed by atoms with Crippen LogP contribution < -0.4 is 0 Å². The second-order valence-corrected chi connectivity index (χ2v) is 5.74. The van der Waals surface area contributed by atoms with Crippen molar-refractivity contribution in [3.05, 3.63) is 84.9 Å². The number of benzene rings is 5. The van der Waals surface area contributed by atoms with Crippen molar-refractivity contribution >= 4 is 43.1 Å². The standard InChI is InChI=1S/C22H12.2Au/c1-2-6-16-10-20-14-22-12-18-8-4-3-7-17(18)11-21(22)13-19(20)9-15(16)5-1;;/h1-12H;;/q-2;2*+1. The van der Waals surface area contributed by atoms with Crippen molar-refractivity contribution in [1.82, 2.24) is 0 Å². The van der Waals surface area contributed by atoms with Gasteiger partial charge in [0.25, 0.3) is 0 Å². The summed E-state index contributed by atoms with van der Waals surface area (Å²) in [5.74, 6) is 0. The molecule has 24 heavy (non-hydrogen) atoms. The van der Waals surface area contributed by atoms with Gasteiger partial charge in [0, 0.05) is 0 Å². The minimum atomic E-state index is 0. The van der Waals surface area contributed by atoms with Crippen LogP contribution in [-0.2, 0) is 44.8 Å². The topological polar surface area (TPSA) is 0 Å². The molecule has 0 spiro atoms. The quantitative estimate of drug-likeness (QED) is 0.110. The first-order chi connectivity index (χ1) is 10.9. The van der Waals surface area contributed by atoms with Crippen LogP contribution in [0.4, 0.5) is 0 Å². The summed E-state index contributed by atoms with van der Waals surface area (Å²) >= 11 is 0. The predicted molar refractivity (Wildman–Crippen MR) is 94.1 cm³/mol. The molecule has 5 aromatic carbocycles. The van der Waals surface area contributed by atoms with Crippen LogP contribution in [0.3, 0.4) is 0 Å². The molecule has 0 heterocycles. The average Bonchev–Trinajstić information content (AvgIpc) is 2.56. The zero-order chi connectivity index (χ0) is 14.5. The van der Waals surface area contributed by atoms with Gasteiger partial charge in [-0.3, -0.25) is 0 Å². The Morgan fingerprint density at radius 3 is 0.917 bits per heavy atom. The summed E-state index contributed by atoms with van der Waals surface area (Å²) in [6.45, 7) is 0. The Balaban J connectivity index is 0.000000845. The van der Waals surface area contributed by atoms with Gasteiger partial charge in [0.1, 0.15) is 0 Å². The molecule has 0 aromatic heterocycles. The first-order valence-corrected chi connectivity index (χ1v) is 7.46. The van der Waals surface area contributed by atoms with Crippen LogP contribution in [0.15, 0.2) is 72.8 Å². The monoisotopic (exact) mass is 670 g/mol. The summed E-state index contributed by atoms with van der Waals surface area (Å²) in [7, 11) is 0. The molecule has 0 saturated heterocycles. The molecular formula is C22H12Au2. The summed E-state index contributed by atoms with van der Waals surface area (Å²) in [5, 5.41) is 9.50. The van der Waals surface area contributed by atoms with Gasteiger partial charge >= 0.3 is 44.8 Å². The van der Waals surface area contributed by atoms with E-state index in [1.807, 2.05) is 0 Å². The normalized spacial score (nSPS) is 10.7. The fraction of sp³-hybridized carbons (Fsp3) is 0. The van der Waals surface area contributed by atoms with E-state index in [-0.39, 0.29) is 44.8 Å². The molecule has 0 unspecified atom stereocenters. The second-order valence-electron chi connectivity index (χ2n) is 5.74. The maximum absolute atomic E-state index is 3.56. The number of hydrogen-bond acceptors (Lipinski definition) is 0. The van der Waals surface area contributed by atoms with Crippen molar-refractivity contribution in [2.45, 2.75) is 0 Å². The summed E-state index contributed by atoms with van der Waals surface area (Å²) in [6.07, 6.45) is 0. The van der Waals surface area contributed by atoms with E-state index in [2.05, 4.69) is 84.9 Å². The van der Waals surface area contributed by atoms with Gasteiger partial charge in [-0.1, -0.05) is 70.1 Å². The molecule has 0 fully saturated rings. The molecule has 5 rings (SSSR count). The summed E-state index contributed by atoms with van der Waals surface area (Å²) in [4.78, 5) is 0. The predicted octanol–water partition coefficient (Wildman–Crippen LogP) is 5.89. The molecule has 0 amide bonds. The van der Waals surface area contributed by atoms with Crippen molar-refractivity contribution in [3.63, 3.8) is 0 Å². The van der Waals surface area contributed by atoms with Gasteiger partial charge in [0.15, 0.2) is 0 Å². The summed E-state index contributed by atoms with van der Waals surface area (Å²) < 4.78 is 0. The number of hydrogen-bond donors (Lipinski definition) is 0. The Bertz CT molecular complexity index is 992. The van der Waals surface area contributed by atoms with Crippen LogP contribution in [0.5, 0.6) is 0 Å². The van der Waals surface area contributed by atoms with E-state index in [0.29, 0.717) is 0 Å².